The van der Waals surface area contributed by atoms with Gasteiger partial charge in [-0.1, -0.05) is 30.3 Å². The van der Waals surface area contributed by atoms with Crippen molar-refractivity contribution in [2.24, 2.45) is 5.92 Å². The molecule has 0 spiro atoms. The molecule has 3 rings (SSSR count). The highest BCUT2D eigenvalue weighted by Gasteiger charge is 2.45. The van der Waals surface area contributed by atoms with Gasteiger partial charge in [-0.2, -0.15) is 0 Å². The topological polar surface area (TPSA) is 72.9 Å². The van der Waals surface area contributed by atoms with Gasteiger partial charge in [0.15, 0.2) is 0 Å². The van der Waals surface area contributed by atoms with Crippen molar-refractivity contribution in [3.63, 3.8) is 0 Å². The van der Waals surface area contributed by atoms with E-state index in [4.69, 9.17) is 0 Å². The minimum absolute atomic E-state index is 0.0191. The Bertz CT molecular complexity index is 636. The maximum Gasteiger partial charge on any atom is 0.234 e. The molecule has 1 aromatic carbocycles. The largest absolute Gasteiger partial charge is 0.389 e. The Kier molecular flexibility index (Phi) is 5.94. The zero-order chi connectivity index (χ0) is 18.6. The lowest BCUT2D eigenvalue weighted by Crippen LogP contribution is -2.61. The molecule has 6 nitrogen and oxygen atoms in total. The highest BCUT2D eigenvalue weighted by Crippen LogP contribution is 2.35. The quantitative estimate of drug-likeness (QED) is 0.810. The van der Waals surface area contributed by atoms with Crippen molar-refractivity contribution in [1.29, 1.82) is 0 Å². The summed E-state index contributed by atoms with van der Waals surface area (Å²) < 4.78 is 0. The molecule has 2 amide bonds. The Morgan fingerprint density at radius 1 is 1.19 bits per heavy atom. The lowest BCUT2D eigenvalue weighted by molar-refractivity contribution is -0.146. The van der Waals surface area contributed by atoms with E-state index >= 15 is 0 Å². The molecule has 26 heavy (non-hydrogen) atoms. The predicted octanol–water partition coefficient (Wildman–Crippen LogP) is 0.651. The average molecular weight is 359 g/mol. The fourth-order valence-corrected chi connectivity index (χ4v) is 4.05. The summed E-state index contributed by atoms with van der Waals surface area (Å²) >= 11 is 0. The summed E-state index contributed by atoms with van der Waals surface area (Å²) in [5.41, 5.74) is 0.522. The van der Waals surface area contributed by atoms with Crippen LogP contribution < -0.4 is 5.32 Å². The number of hydrogen-bond donors (Lipinski definition) is 2. The fraction of sp³-hybridized carbons (Fsp3) is 0.600. The number of rotatable bonds is 5. The van der Waals surface area contributed by atoms with Gasteiger partial charge in [0.2, 0.25) is 11.8 Å². The third kappa shape index (κ3) is 4.62. The van der Waals surface area contributed by atoms with Gasteiger partial charge in [0.25, 0.3) is 0 Å². The first-order valence-electron chi connectivity index (χ1n) is 9.47. The molecule has 0 aliphatic carbocycles. The van der Waals surface area contributed by atoms with Crippen molar-refractivity contribution in [2.45, 2.75) is 31.8 Å². The second-order valence-electron chi connectivity index (χ2n) is 7.59. The van der Waals surface area contributed by atoms with Crippen LogP contribution in [0.3, 0.4) is 0 Å². The average Bonchev–Trinajstić information content (AvgIpc) is 2.62. The monoisotopic (exact) mass is 359 g/mol. The molecule has 2 atom stereocenters. The van der Waals surface area contributed by atoms with E-state index in [0.29, 0.717) is 45.6 Å². The maximum atomic E-state index is 12.2. The van der Waals surface area contributed by atoms with Gasteiger partial charge < -0.3 is 15.3 Å². The van der Waals surface area contributed by atoms with E-state index in [1.165, 1.54) is 5.56 Å². The summed E-state index contributed by atoms with van der Waals surface area (Å²) in [5.74, 6) is 0.0967. The minimum Gasteiger partial charge on any atom is -0.389 e. The third-order valence-electron chi connectivity index (χ3n) is 5.75. The van der Waals surface area contributed by atoms with Gasteiger partial charge in [0.05, 0.1) is 12.1 Å². The molecule has 0 saturated carbocycles. The van der Waals surface area contributed by atoms with Crippen molar-refractivity contribution in [3.8, 4) is 0 Å². The van der Waals surface area contributed by atoms with Crippen LogP contribution in [0.15, 0.2) is 30.3 Å². The van der Waals surface area contributed by atoms with Crippen molar-refractivity contribution in [1.82, 2.24) is 15.1 Å². The smallest absolute Gasteiger partial charge is 0.234 e. The number of likely N-dealkylation sites (tertiary alicyclic amines) is 2. The standard InChI is InChI=1S/C20H29N3O3/c1-16(24)23-12-9-20(26)8-11-22(13-18(20)14-23)15-19(25)21-10-7-17-5-3-2-4-6-17/h2-6,18,26H,7-15H2,1H3,(H,21,25)/t18-,20-/m0/s1. The van der Waals surface area contributed by atoms with Crippen LogP contribution >= 0.6 is 0 Å². The number of carbonyl (C=O) groups excluding carboxylic acids is 2. The van der Waals surface area contributed by atoms with Crippen molar-refractivity contribution in [2.75, 3.05) is 39.3 Å². The van der Waals surface area contributed by atoms with E-state index in [9.17, 15) is 14.7 Å². The van der Waals surface area contributed by atoms with Gasteiger partial charge >= 0.3 is 0 Å². The Morgan fingerprint density at radius 3 is 2.65 bits per heavy atom. The van der Waals surface area contributed by atoms with Gasteiger partial charge in [-0.3, -0.25) is 14.5 Å². The number of hydrogen-bond acceptors (Lipinski definition) is 4. The highest BCUT2D eigenvalue weighted by atomic mass is 16.3. The molecular formula is C20H29N3O3. The molecule has 0 unspecified atom stereocenters. The SMILES string of the molecule is CC(=O)N1CC[C@@]2(O)CCN(CC(=O)NCCc3ccccc3)C[C@H]2C1. The molecule has 2 N–H and O–H groups in total. The second-order valence-corrected chi connectivity index (χ2v) is 7.59. The normalized spacial score (nSPS) is 26.2. The Balaban J connectivity index is 1.45. The van der Waals surface area contributed by atoms with E-state index in [2.05, 4.69) is 22.3 Å². The maximum absolute atomic E-state index is 12.2. The summed E-state index contributed by atoms with van der Waals surface area (Å²) in [7, 11) is 0. The first-order chi connectivity index (χ1) is 12.5. The van der Waals surface area contributed by atoms with Crippen molar-refractivity contribution >= 4 is 11.8 Å². The molecule has 2 heterocycles. The van der Waals surface area contributed by atoms with Crippen LogP contribution in [0, 0.1) is 5.92 Å². The predicted molar refractivity (Wildman–Crippen MR) is 99.5 cm³/mol. The summed E-state index contributed by atoms with van der Waals surface area (Å²) in [6.45, 7) is 5.14. The van der Waals surface area contributed by atoms with E-state index in [-0.39, 0.29) is 17.7 Å². The molecule has 0 bridgehead atoms. The molecule has 0 aromatic heterocycles. The van der Waals surface area contributed by atoms with Crippen molar-refractivity contribution < 1.29 is 14.7 Å². The molecule has 0 radical (unpaired) electrons. The molecule has 1 aromatic rings. The number of nitrogens with zero attached hydrogens (tertiary/aromatic N) is 2. The molecule has 2 fully saturated rings. The lowest BCUT2D eigenvalue weighted by atomic mass is 9.75. The van der Waals surface area contributed by atoms with Gasteiger partial charge in [0, 0.05) is 45.6 Å². The summed E-state index contributed by atoms with van der Waals surface area (Å²) in [6, 6.07) is 10.1. The van der Waals surface area contributed by atoms with E-state index in [1.54, 1.807) is 6.92 Å². The fourth-order valence-electron chi connectivity index (χ4n) is 4.05. The van der Waals surface area contributed by atoms with Crippen LogP contribution in [0.1, 0.15) is 25.3 Å². The van der Waals surface area contributed by atoms with Gasteiger partial charge in [-0.15, -0.1) is 0 Å². The van der Waals surface area contributed by atoms with E-state index in [0.717, 1.165) is 13.0 Å². The molecule has 2 saturated heterocycles. The lowest BCUT2D eigenvalue weighted by Gasteiger charge is -2.50. The van der Waals surface area contributed by atoms with Crippen LogP contribution in [0.5, 0.6) is 0 Å². The van der Waals surface area contributed by atoms with Gasteiger partial charge in [-0.25, -0.2) is 0 Å². The van der Waals surface area contributed by atoms with Crippen LogP contribution in [-0.2, 0) is 16.0 Å². The number of carbonyl (C=O) groups is 2. The Labute approximate surface area is 155 Å². The summed E-state index contributed by atoms with van der Waals surface area (Å²) in [4.78, 5) is 27.8. The number of aliphatic hydroxyl groups is 1. The van der Waals surface area contributed by atoms with Crippen LogP contribution in [-0.4, -0.2) is 71.6 Å². The molecule has 2 aliphatic rings. The first-order valence-corrected chi connectivity index (χ1v) is 9.47. The summed E-state index contributed by atoms with van der Waals surface area (Å²) in [6.07, 6.45) is 2.12. The Morgan fingerprint density at radius 2 is 1.92 bits per heavy atom. The number of benzene rings is 1. The zero-order valence-electron chi connectivity index (χ0n) is 15.5. The van der Waals surface area contributed by atoms with Crippen LogP contribution in [0.4, 0.5) is 0 Å². The number of amides is 2. The number of fused-ring (bicyclic) bond motifs is 1. The first kappa shape index (κ1) is 18.9. The molecule has 142 valence electrons. The van der Waals surface area contributed by atoms with E-state index < -0.39 is 5.60 Å². The second kappa shape index (κ2) is 8.18. The van der Waals surface area contributed by atoms with Gasteiger partial charge in [0.1, 0.15) is 0 Å². The molecule has 2 aliphatic heterocycles. The van der Waals surface area contributed by atoms with E-state index in [1.807, 2.05) is 23.1 Å². The zero-order valence-corrected chi connectivity index (χ0v) is 15.5. The highest BCUT2D eigenvalue weighted by molar-refractivity contribution is 5.78. The molecular weight excluding hydrogens is 330 g/mol. The van der Waals surface area contributed by atoms with Crippen LogP contribution in [0.25, 0.3) is 0 Å². The van der Waals surface area contributed by atoms with Gasteiger partial charge in [-0.05, 0) is 24.8 Å². The number of piperidine rings is 2. The Hall–Kier alpha value is -1.92. The minimum atomic E-state index is -0.688. The molecule has 6 heteroatoms. The number of nitrogens with one attached hydrogen (secondary N) is 1. The summed E-state index contributed by atoms with van der Waals surface area (Å²) in [5, 5.41) is 13.8. The third-order valence-corrected chi connectivity index (χ3v) is 5.75. The van der Waals surface area contributed by atoms with Crippen molar-refractivity contribution in [3.05, 3.63) is 35.9 Å². The van der Waals surface area contributed by atoms with Crippen LogP contribution in [0.2, 0.25) is 0 Å².